The van der Waals surface area contributed by atoms with Crippen molar-refractivity contribution in [1.29, 1.82) is 0 Å². The van der Waals surface area contributed by atoms with Gasteiger partial charge >= 0.3 is 0 Å². The first-order valence-corrected chi connectivity index (χ1v) is 5.13. The number of hydrogen-bond acceptors (Lipinski definition) is 3. The predicted octanol–water partition coefficient (Wildman–Crippen LogP) is 3.19. The van der Waals surface area contributed by atoms with E-state index in [4.69, 9.17) is 0 Å². The van der Waals surface area contributed by atoms with Gasteiger partial charge in [-0.1, -0.05) is 19.9 Å². The van der Waals surface area contributed by atoms with Crippen molar-refractivity contribution in [3.8, 4) is 0 Å². The van der Waals surface area contributed by atoms with E-state index in [1.165, 1.54) is 18.2 Å². The molecule has 0 aliphatic carbocycles. The van der Waals surface area contributed by atoms with E-state index in [1.54, 1.807) is 0 Å². The van der Waals surface area contributed by atoms with E-state index in [2.05, 4.69) is 5.32 Å². The molecule has 1 unspecified atom stereocenters. The molecule has 1 aromatic rings. The van der Waals surface area contributed by atoms with Gasteiger partial charge in [-0.3, -0.25) is 10.1 Å². The van der Waals surface area contributed by atoms with E-state index in [9.17, 15) is 14.5 Å². The molecule has 0 spiro atoms. The van der Waals surface area contributed by atoms with Crippen molar-refractivity contribution in [3.63, 3.8) is 0 Å². The van der Waals surface area contributed by atoms with Gasteiger partial charge in [-0.15, -0.1) is 0 Å². The number of para-hydroxylation sites is 1. The minimum absolute atomic E-state index is 0.0319. The van der Waals surface area contributed by atoms with Crippen molar-refractivity contribution in [1.82, 2.24) is 0 Å². The van der Waals surface area contributed by atoms with E-state index < -0.39 is 10.7 Å². The molecule has 1 atom stereocenters. The number of hydrogen-bond donors (Lipinski definition) is 1. The largest absolute Gasteiger partial charge is 0.374 e. The highest BCUT2D eigenvalue weighted by Gasteiger charge is 2.20. The van der Waals surface area contributed by atoms with Crippen LogP contribution in [-0.2, 0) is 0 Å². The number of rotatable bonds is 4. The Bertz CT molecular complexity index is 394. The van der Waals surface area contributed by atoms with Crippen molar-refractivity contribution in [2.45, 2.75) is 26.8 Å². The lowest BCUT2D eigenvalue weighted by Crippen LogP contribution is -2.22. The number of anilines is 1. The molecule has 16 heavy (non-hydrogen) atoms. The van der Waals surface area contributed by atoms with Crippen LogP contribution in [0.2, 0.25) is 0 Å². The topological polar surface area (TPSA) is 55.2 Å². The molecule has 0 amide bonds. The number of benzene rings is 1. The third-order valence-electron chi connectivity index (χ3n) is 2.56. The molecule has 0 aromatic heterocycles. The van der Waals surface area contributed by atoms with Gasteiger partial charge in [0.2, 0.25) is 0 Å². The van der Waals surface area contributed by atoms with Crippen LogP contribution in [0.25, 0.3) is 0 Å². The smallest absolute Gasteiger partial charge is 0.295 e. The first kappa shape index (κ1) is 12.4. The lowest BCUT2D eigenvalue weighted by molar-refractivity contribution is -0.384. The van der Waals surface area contributed by atoms with Crippen LogP contribution < -0.4 is 5.32 Å². The first-order chi connectivity index (χ1) is 7.43. The Morgan fingerprint density at radius 2 is 2.00 bits per heavy atom. The fourth-order valence-electron chi connectivity index (χ4n) is 1.20. The predicted molar refractivity (Wildman–Crippen MR) is 61.0 cm³/mol. The lowest BCUT2D eigenvalue weighted by Gasteiger charge is -2.18. The van der Waals surface area contributed by atoms with Crippen molar-refractivity contribution >= 4 is 11.4 Å². The maximum Gasteiger partial charge on any atom is 0.295 e. The van der Waals surface area contributed by atoms with Crippen LogP contribution in [-0.4, -0.2) is 11.0 Å². The standard InChI is InChI=1S/C11H15FN2O2/c1-7(2)8(3)13-11-9(12)5-4-6-10(11)14(15)16/h4-8,13H,1-3H3. The molecular weight excluding hydrogens is 211 g/mol. The summed E-state index contributed by atoms with van der Waals surface area (Å²) in [7, 11) is 0. The summed E-state index contributed by atoms with van der Waals surface area (Å²) in [5.41, 5.74) is -0.263. The Labute approximate surface area is 93.6 Å². The average Bonchev–Trinajstić information content (AvgIpc) is 2.20. The molecular formula is C11H15FN2O2. The highest BCUT2D eigenvalue weighted by Crippen LogP contribution is 2.28. The number of halogens is 1. The van der Waals surface area contributed by atoms with Crippen molar-refractivity contribution in [3.05, 3.63) is 34.1 Å². The number of nitro benzene ring substituents is 1. The van der Waals surface area contributed by atoms with Crippen LogP contribution in [0.15, 0.2) is 18.2 Å². The molecule has 0 radical (unpaired) electrons. The third kappa shape index (κ3) is 2.68. The molecule has 0 bridgehead atoms. The van der Waals surface area contributed by atoms with Gasteiger partial charge in [0.25, 0.3) is 5.69 Å². The average molecular weight is 226 g/mol. The van der Waals surface area contributed by atoms with E-state index in [1.807, 2.05) is 20.8 Å². The Hall–Kier alpha value is -1.65. The van der Waals surface area contributed by atoms with Crippen LogP contribution in [0.4, 0.5) is 15.8 Å². The third-order valence-corrected chi connectivity index (χ3v) is 2.56. The molecule has 0 fully saturated rings. The van der Waals surface area contributed by atoms with E-state index in [0.717, 1.165) is 0 Å². The Balaban J connectivity index is 3.06. The molecule has 4 nitrogen and oxygen atoms in total. The highest BCUT2D eigenvalue weighted by molar-refractivity contribution is 5.62. The second-order valence-corrected chi connectivity index (χ2v) is 4.07. The van der Waals surface area contributed by atoms with Gasteiger partial charge in [-0.2, -0.15) is 0 Å². The lowest BCUT2D eigenvalue weighted by atomic mass is 10.1. The Morgan fingerprint density at radius 3 is 2.50 bits per heavy atom. The molecule has 1 N–H and O–H groups in total. The molecule has 5 heteroatoms. The molecule has 1 aromatic carbocycles. The first-order valence-electron chi connectivity index (χ1n) is 5.13. The second-order valence-electron chi connectivity index (χ2n) is 4.07. The summed E-state index contributed by atoms with van der Waals surface area (Å²) in [5, 5.41) is 13.6. The molecule has 0 saturated heterocycles. The summed E-state index contributed by atoms with van der Waals surface area (Å²) in [5.74, 6) is -0.332. The maximum atomic E-state index is 13.5. The maximum absolute atomic E-state index is 13.5. The number of nitro groups is 1. The zero-order valence-electron chi connectivity index (χ0n) is 9.53. The van der Waals surface area contributed by atoms with Crippen LogP contribution in [0, 0.1) is 21.8 Å². The Morgan fingerprint density at radius 1 is 1.38 bits per heavy atom. The van der Waals surface area contributed by atoms with Gasteiger partial charge in [0, 0.05) is 12.1 Å². The normalized spacial score (nSPS) is 12.6. The zero-order valence-corrected chi connectivity index (χ0v) is 9.53. The quantitative estimate of drug-likeness (QED) is 0.633. The van der Waals surface area contributed by atoms with Crippen molar-refractivity contribution < 1.29 is 9.31 Å². The second kappa shape index (κ2) is 4.92. The summed E-state index contributed by atoms with van der Waals surface area (Å²) in [6.07, 6.45) is 0. The zero-order chi connectivity index (χ0) is 12.3. The number of nitrogens with one attached hydrogen (secondary N) is 1. The summed E-state index contributed by atoms with van der Waals surface area (Å²) < 4.78 is 13.5. The summed E-state index contributed by atoms with van der Waals surface area (Å²) >= 11 is 0. The summed E-state index contributed by atoms with van der Waals surface area (Å²) in [4.78, 5) is 10.1. The van der Waals surface area contributed by atoms with Gasteiger partial charge < -0.3 is 5.32 Å². The molecule has 0 heterocycles. The van der Waals surface area contributed by atoms with Crippen LogP contribution >= 0.6 is 0 Å². The molecule has 0 saturated carbocycles. The fourth-order valence-corrected chi connectivity index (χ4v) is 1.20. The van der Waals surface area contributed by atoms with Crippen LogP contribution in [0.3, 0.4) is 0 Å². The van der Waals surface area contributed by atoms with Gasteiger partial charge in [0.15, 0.2) is 5.82 Å². The van der Waals surface area contributed by atoms with E-state index in [-0.39, 0.29) is 23.3 Å². The van der Waals surface area contributed by atoms with Gasteiger partial charge in [0.05, 0.1) is 4.92 Å². The fraction of sp³-hybridized carbons (Fsp3) is 0.455. The minimum Gasteiger partial charge on any atom is -0.374 e. The van der Waals surface area contributed by atoms with Gasteiger partial charge in [0.1, 0.15) is 5.69 Å². The number of nitrogens with zero attached hydrogens (tertiary/aromatic N) is 1. The van der Waals surface area contributed by atoms with Crippen LogP contribution in [0.1, 0.15) is 20.8 Å². The Kier molecular flexibility index (Phi) is 3.82. The van der Waals surface area contributed by atoms with Gasteiger partial charge in [-0.05, 0) is 18.9 Å². The molecule has 0 aliphatic rings. The molecule has 1 rings (SSSR count). The van der Waals surface area contributed by atoms with Crippen molar-refractivity contribution in [2.24, 2.45) is 5.92 Å². The SMILES string of the molecule is CC(C)C(C)Nc1c(F)cccc1[N+](=O)[O-]. The van der Waals surface area contributed by atoms with Crippen LogP contribution in [0.5, 0.6) is 0 Å². The summed E-state index contributed by atoms with van der Waals surface area (Å²) in [6.45, 7) is 5.79. The summed E-state index contributed by atoms with van der Waals surface area (Å²) in [6, 6.07) is 3.80. The van der Waals surface area contributed by atoms with Gasteiger partial charge in [-0.25, -0.2) is 4.39 Å². The van der Waals surface area contributed by atoms with Crippen molar-refractivity contribution in [2.75, 3.05) is 5.32 Å². The minimum atomic E-state index is -0.596. The molecule has 88 valence electrons. The molecule has 0 aliphatic heterocycles. The van der Waals surface area contributed by atoms with E-state index in [0.29, 0.717) is 0 Å². The monoisotopic (exact) mass is 226 g/mol. The van der Waals surface area contributed by atoms with E-state index >= 15 is 0 Å². The highest BCUT2D eigenvalue weighted by atomic mass is 19.1.